The van der Waals surface area contributed by atoms with E-state index in [9.17, 15) is 4.39 Å². The second-order valence-electron chi connectivity index (χ2n) is 6.61. The largest absolute Gasteiger partial charge is 0.205 e. The summed E-state index contributed by atoms with van der Waals surface area (Å²) in [5, 5.41) is 0. The summed E-state index contributed by atoms with van der Waals surface area (Å²) in [7, 11) is 0. The van der Waals surface area contributed by atoms with Crippen molar-refractivity contribution in [3.8, 4) is 11.8 Å². The van der Waals surface area contributed by atoms with E-state index in [4.69, 9.17) is 0 Å². The molecule has 0 unspecified atom stereocenters. The lowest BCUT2D eigenvalue weighted by molar-refractivity contribution is 0.428. The van der Waals surface area contributed by atoms with Gasteiger partial charge in [0.25, 0.3) is 0 Å². The van der Waals surface area contributed by atoms with Crippen LogP contribution in [0.25, 0.3) is 0 Å². The number of rotatable bonds is 1. The third-order valence-corrected chi connectivity index (χ3v) is 4.80. The van der Waals surface area contributed by atoms with Crippen LogP contribution in [0.15, 0.2) is 36.4 Å². The maximum absolute atomic E-state index is 15.0. The zero-order valence-corrected chi connectivity index (χ0v) is 14.0. The SMILES string of the molecule is Cc1ccc(C#Cc2ccc(C)c(C3CCCCC3)c2F)cc1. The smallest absolute Gasteiger partial charge is 0.142 e. The first-order valence-electron chi connectivity index (χ1n) is 8.53. The highest BCUT2D eigenvalue weighted by atomic mass is 19.1. The van der Waals surface area contributed by atoms with Crippen LogP contribution in [0.1, 0.15) is 65.8 Å². The summed E-state index contributed by atoms with van der Waals surface area (Å²) in [6, 6.07) is 11.9. The van der Waals surface area contributed by atoms with Crippen LogP contribution >= 0.6 is 0 Å². The molecule has 1 aliphatic carbocycles. The van der Waals surface area contributed by atoms with Crippen LogP contribution < -0.4 is 0 Å². The Morgan fingerprint density at radius 2 is 1.57 bits per heavy atom. The predicted molar refractivity (Wildman–Crippen MR) is 94.1 cm³/mol. The van der Waals surface area contributed by atoms with E-state index in [-0.39, 0.29) is 5.82 Å². The second kappa shape index (κ2) is 7.01. The summed E-state index contributed by atoms with van der Waals surface area (Å²) < 4.78 is 15.0. The molecule has 1 aliphatic rings. The van der Waals surface area contributed by atoms with Crippen LogP contribution in [0.4, 0.5) is 4.39 Å². The van der Waals surface area contributed by atoms with Gasteiger partial charge in [0.2, 0.25) is 0 Å². The molecule has 0 N–H and O–H groups in total. The van der Waals surface area contributed by atoms with Gasteiger partial charge in [-0.15, -0.1) is 0 Å². The van der Waals surface area contributed by atoms with Gasteiger partial charge in [0.15, 0.2) is 0 Å². The standard InChI is InChI=1S/C22H23F/c1-16-8-11-18(12-9-16)13-15-20-14-10-17(2)21(22(20)23)19-6-4-3-5-7-19/h8-12,14,19H,3-7H2,1-2H3. The Morgan fingerprint density at radius 1 is 0.870 bits per heavy atom. The Bertz CT molecular complexity index is 738. The first kappa shape index (κ1) is 15.8. The zero-order valence-electron chi connectivity index (χ0n) is 14.0. The minimum atomic E-state index is -0.100. The summed E-state index contributed by atoms with van der Waals surface area (Å²) in [5.74, 6) is 6.38. The number of hydrogen-bond acceptors (Lipinski definition) is 0. The van der Waals surface area contributed by atoms with Crippen molar-refractivity contribution in [2.45, 2.75) is 51.9 Å². The van der Waals surface area contributed by atoms with E-state index in [1.807, 2.05) is 50.2 Å². The summed E-state index contributed by atoms with van der Waals surface area (Å²) in [6.07, 6.45) is 5.91. The van der Waals surface area contributed by atoms with E-state index >= 15 is 0 Å². The van der Waals surface area contributed by atoms with Crippen molar-refractivity contribution in [2.75, 3.05) is 0 Å². The van der Waals surface area contributed by atoms with Crippen molar-refractivity contribution in [2.24, 2.45) is 0 Å². The molecule has 118 valence electrons. The van der Waals surface area contributed by atoms with Gasteiger partial charge >= 0.3 is 0 Å². The van der Waals surface area contributed by atoms with Crippen LogP contribution in [0.2, 0.25) is 0 Å². The summed E-state index contributed by atoms with van der Waals surface area (Å²) in [6.45, 7) is 4.07. The molecular weight excluding hydrogens is 283 g/mol. The Kier molecular flexibility index (Phi) is 4.82. The molecule has 1 saturated carbocycles. The fourth-order valence-electron chi connectivity index (χ4n) is 3.45. The molecule has 1 fully saturated rings. The fourth-order valence-corrected chi connectivity index (χ4v) is 3.45. The third kappa shape index (κ3) is 3.64. The summed E-state index contributed by atoms with van der Waals surface area (Å²) >= 11 is 0. The molecule has 0 radical (unpaired) electrons. The van der Waals surface area contributed by atoms with E-state index < -0.39 is 0 Å². The van der Waals surface area contributed by atoms with Crippen molar-refractivity contribution in [1.29, 1.82) is 0 Å². The average Bonchev–Trinajstić information content (AvgIpc) is 2.57. The van der Waals surface area contributed by atoms with Crippen molar-refractivity contribution >= 4 is 0 Å². The molecular formula is C22H23F. The molecule has 0 nitrogen and oxygen atoms in total. The van der Waals surface area contributed by atoms with Gasteiger partial charge in [0, 0.05) is 5.56 Å². The lowest BCUT2D eigenvalue weighted by Gasteiger charge is -2.24. The Hall–Kier alpha value is -2.07. The minimum absolute atomic E-state index is 0.100. The van der Waals surface area contributed by atoms with E-state index in [0.717, 1.165) is 29.5 Å². The van der Waals surface area contributed by atoms with Gasteiger partial charge in [-0.3, -0.25) is 0 Å². The van der Waals surface area contributed by atoms with Crippen molar-refractivity contribution in [3.05, 3.63) is 70.0 Å². The van der Waals surface area contributed by atoms with Gasteiger partial charge in [-0.05, 0) is 61.9 Å². The number of benzene rings is 2. The Morgan fingerprint density at radius 3 is 2.26 bits per heavy atom. The highest BCUT2D eigenvalue weighted by Gasteiger charge is 2.22. The van der Waals surface area contributed by atoms with Gasteiger partial charge < -0.3 is 0 Å². The molecule has 0 aromatic heterocycles. The van der Waals surface area contributed by atoms with Crippen molar-refractivity contribution in [3.63, 3.8) is 0 Å². The van der Waals surface area contributed by atoms with Crippen LogP contribution in [-0.2, 0) is 0 Å². The fraction of sp³-hybridized carbons (Fsp3) is 0.364. The third-order valence-electron chi connectivity index (χ3n) is 4.80. The summed E-state index contributed by atoms with van der Waals surface area (Å²) in [4.78, 5) is 0. The molecule has 2 aromatic rings. The normalized spacial score (nSPS) is 15.1. The first-order valence-corrected chi connectivity index (χ1v) is 8.53. The van der Waals surface area contributed by atoms with E-state index in [2.05, 4.69) is 11.8 Å². The molecule has 3 rings (SSSR count). The van der Waals surface area contributed by atoms with Crippen molar-refractivity contribution < 1.29 is 4.39 Å². The molecule has 0 saturated heterocycles. The lowest BCUT2D eigenvalue weighted by Crippen LogP contribution is -2.09. The molecule has 23 heavy (non-hydrogen) atoms. The molecule has 0 bridgehead atoms. The molecule has 1 heteroatoms. The molecule has 0 heterocycles. The zero-order chi connectivity index (χ0) is 16.2. The van der Waals surface area contributed by atoms with Gasteiger partial charge in [0.1, 0.15) is 5.82 Å². The Labute approximate surface area is 138 Å². The maximum atomic E-state index is 15.0. The van der Waals surface area contributed by atoms with E-state index in [0.29, 0.717) is 11.5 Å². The lowest BCUT2D eigenvalue weighted by atomic mass is 9.81. The summed E-state index contributed by atoms with van der Waals surface area (Å²) in [5.41, 5.74) is 4.62. The van der Waals surface area contributed by atoms with Gasteiger partial charge in [-0.2, -0.15) is 0 Å². The highest BCUT2D eigenvalue weighted by Crippen LogP contribution is 2.36. The van der Waals surface area contributed by atoms with Crippen molar-refractivity contribution in [1.82, 2.24) is 0 Å². The molecule has 0 spiro atoms. The molecule has 0 aliphatic heterocycles. The monoisotopic (exact) mass is 306 g/mol. The van der Waals surface area contributed by atoms with Gasteiger partial charge in [-0.1, -0.05) is 54.9 Å². The molecule has 2 aromatic carbocycles. The van der Waals surface area contributed by atoms with Crippen LogP contribution in [0.5, 0.6) is 0 Å². The predicted octanol–water partition coefficient (Wildman–Crippen LogP) is 5.89. The number of hydrogen-bond donors (Lipinski definition) is 0. The Balaban J connectivity index is 1.93. The van der Waals surface area contributed by atoms with Crippen LogP contribution in [-0.4, -0.2) is 0 Å². The van der Waals surface area contributed by atoms with Crippen LogP contribution in [0.3, 0.4) is 0 Å². The second-order valence-corrected chi connectivity index (χ2v) is 6.61. The van der Waals surface area contributed by atoms with E-state index in [1.165, 1.54) is 24.8 Å². The highest BCUT2D eigenvalue weighted by molar-refractivity contribution is 5.47. The first-order chi connectivity index (χ1) is 11.1. The maximum Gasteiger partial charge on any atom is 0.142 e. The topological polar surface area (TPSA) is 0 Å². The average molecular weight is 306 g/mol. The van der Waals surface area contributed by atoms with E-state index in [1.54, 1.807) is 0 Å². The van der Waals surface area contributed by atoms with Gasteiger partial charge in [-0.25, -0.2) is 4.39 Å². The quantitative estimate of drug-likeness (QED) is 0.576. The van der Waals surface area contributed by atoms with Crippen LogP contribution in [0, 0.1) is 31.5 Å². The number of halogens is 1. The number of aryl methyl sites for hydroxylation is 2. The minimum Gasteiger partial charge on any atom is -0.205 e. The molecule has 0 atom stereocenters. The van der Waals surface area contributed by atoms with Gasteiger partial charge in [0.05, 0.1) is 5.56 Å². The molecule has 0 amide bonds.